The van der Waals surface area contributed by atoms with Crippen LogP contribution in [0.5, 0.6) is 0 Å². The number of aromatic nitrogens is 2. The van der Waals surface area contributed by atoms with Crippen LogP contribution in [0.15, 0.2) is 30.5 Å². The fraction of sp³-hybridized carbons (Fsp3) is 0.154. The van der Waals surface area contributed by atoms with Crippen LogP contribution in [0.3, 0.4) is 0 Å². The van der Waals surface area contributed by atoms with Crippen LogP contribution in [0.1, 0.15) is 23.0 Å². The van der Waals surface area contributed by atoms with E-state index in [9.17, 15) is 4.79 Å². The molecule has 0 saturated carbocycles. The van der Waals surface area contributed by atoms with Gasteiger partial charge in [0.1, 0.15) is 0 Å². The first kappa shape index (κ1) is 12.0. The average Bonchev–Trinajstić information content (AvgIpc) is 2.33. The molecule has 3 N–H and O–H groups in total. The smallest absolute Gasteiger partial charge is 0.220 e. The summed E-state index contributed by atoms with van der Waals surface area (Å²) >= 11 is 0. The van der Waals surface area contributed by atoms with E-state index in [1.54, 1.807) is 18.3 Å². The summed E-state index contributed by atoms with van der Waals surface area (Å²) in [5.41, 5.74) is 8.50. The summed E-state index contributed by atoms with van der Waals surface area (Å²) < 4.78 is 0. The highest BCUT2D eigenvalue weighted by Gasteiger charge is 2.04. The van der Waals surface area contributed by atoms with Crippen molar-refractivity contribution in [3.8, 4) is 0 Å². The van der Waals surface area contributed by atoms with E-state index in [0.717, 1.165) is 17.1 Å². The van der Waals surface area contributed by atoms with Crippen LogP contribution in [0.4, 0.5) is 17.3 Å². The zero-order valence-electron chi connectivity index (χ0n) is 10.3. The van der Waals surface area contributed by atoms with Crippen molar-refractivity contribution in [3.63, 3.8) is 0 Å². The number of anilines is 3. The maximum Gasteiger partial charge on any atom is 0.220 e. The van der Waals surface area contributed by atoms with Crippen LogP contribution in [0.25, 0.3) is 0 Å². The number of ketones is 1. The van der Waals surface area contributed by atoms with E-state index in [1.807, 2.05) is 19.1 Å². The van der Waals surface area contributed by atoms with E-state index in [1.165, 1.54) is 6.92 Å². The Morgan fingerprint density at radius 3 is 2.83 bits per heavy atom. The fourth-order valence-electron chi connectivity index (χ4n) is 1.58. The van der Waals surface area contributed by atoms with Gasteiger partial charge in [-0.15, -0.1) is 0 Å². The monoisotopic (exact) mass is 242 g/mol. The molecule has 0 unspecified atom stereocenters. The van der Waals surface area contributed by atoms with Gasteiger partial charge in [-0.25, -0.2) is 9.97 Å². The first-order valence-corrected chi connectivity index (χ1v) is 5.53. The van der Waals surface area contributed by atoms with E-state index in [0.29, 0.717) is 5.56 Å². The number of nitrogens with two attached hydrogens (primary N) is 1. The second-order valence-corrected chi connectivity index (χ2v) is 3.99. The molecule has 5 heteroatoms. The van der Waals surface area contributed by atoms with Crippen molar-refractivity contribution in [2.45, 2.75) is 13.8 Å². The van der Waals surface area contributed by atoms with Crippen LogP contribution < -0.4 is 11.1 Å². The van der Waals surface area contributed by atoms with E-state index < -0.39 is 0 Å². The van der Waals surface area contributed by atoms with Gasteiger partial charge >= 0.3 is 0 Å². The van der Waals surface area contributed by atoms with Crippen LogP contribution in [-0.4, -0.2) is 15.8 Å². The van der Waals surface area contributed by atoms with Gasteiger partial charge in [-0.2, -0.15) is 0 Å². The highest BCUT2D eigenvalue weighted by Crippen LogP contribution is 2.19. The number of Topliss-reactive ketones (excluding diaryl/α,β-unsaturated/α-hetero) is 1. The van der Waals surface area contributed by atoms with Crippen LogP contribution in [0.2, 0.25) is 0 Å². The van der Waals surface area contributed by atoms with Crippen molar-refractivity contribution >= 4 is 23.1 Å². The van der Waals surface area contributed by atoms with Crippen LogP contribution in [0, 0.1) is 6.92 Å². The van der Waals surface area contributed by atoms with Crippen molar-refractivity contribution < 1.29 is 4.79 Å². The molecule has 1 aromatic carbocycles. The summed E-state index contributed by atoms with van der Waals surface area (Å²) in [4.78, 5) is 19.3. The third kappa shape index (κ3) is 2.63. The summed E-state index contributed by atoms with van der Waals surface area (Å²) in [7, 11) is 0. The number of hydrogen-bond acceptors (Lipinski definition) is 5. The average molecular weight is 242 g/mol. The molecule has 0 radical (unpaired) electrons. The Morgan fingerprint density at radius 1 is 1.39 bits per heavy atom. The summed E-state index contributed by atoms with van der Waals surface area (Å²) in [5, 5.41) is 3.16. The zero-order chi connectivity index (χ0) is 13.1. The number of nitrogens with one attached hydrogen (secondary N) is 1. The van der Waals surface area contributed by atoms with Gasteiger partial charge in [0.15, 0.2) is 5.78 Å². The molecule has 0 spiro atoms. The quantitative estimate of drug-likeness (QED) is 0.807. The van der Waals surface area contributed by atoms with Crippen LogP contribution in [-0.2, 0) is 0 Å². The van der Waals surface area contributed by atoms with Crippen molar-refractivity contribution in [1.82, 2.24) is 9.97 Å². The number of aryl methyl sites for hydroxylation is 1. The Balaban J connectivity index is 2.28. The lowest BCUT2D eigenvalue weighted by molar-refractivity contribution is 0.101. The second kappa shape index (κ2) is 4.83. The van der Waals surface area contributed by atoms with Gasteiger partial charge < -0.3 is 11.1 Å². The lowest BCUT2D eigenvalue weighted by atomic mass is 10.1. The lowest BCUT2D eigenvalue weighted by Crippen LogP contribution is -2.01. The molecule has 2 aromatic rings. The minimum Gasteiger partial charge on any atom is -0.368 e. The fourth-order valence-corrected chi connectivity index (χ4v) is 1.58. The zero-order valence-corrected chi connectivity index (χ0v) is 10.3. The largest absolute Gasteiger partial charge is 0.368 e. The molecule has 92 valence electrons. The molecular weight excluding hydrogens is 228 g/mol. The van der Waals surface area contributed by atoms with Crippen molar-refractivity contribution in [1.29, 1.82) is 0 Å². The molecule has 0 atom stereocenters. The van der Waals surface area contributed by atoms with Gasteiger partial charge in [0.05, 0.1) is 17.6 Å². The highest BCUT2D eigenvalue weighted by atomic mass is 16.1. The lowest BCUT2D eigenvalue weighted by Gasteiger charge is -2.09. The molecule has 0 aliphatic heterocycles. The summed E-state index contributed by atoms with van der Waals surface area (Å²) in [6.07, 6.45) is 1.62. The standard InChI is InChI=1S/C13H14N4O/c1-8-12(7-15-13(14)16-8)17-11-5-3-4-10(6-11)9(2)18/h3-7,17H,1-2H3,(H2,14,15,16). The van der Waals surface area contributed by atoms with E-state index in [-0.39, 0.29) is 11.7 Å². The van der Waals surface area contributed by atoms with Gasteiger partial charge in [0.2, 0.25) is 5.95 Å². The van der Waals surface area contributed by atoms with Crippen LogP contribution >= 0.6 is 0 Å². The minimum absolute atomic E-state index is 0.0314. The normalized spacial score (nSPS) is 10.1. The maximum absolute atomic E-state index is 11.3. The third-order valence-electron chi connectivity index (χ3n) is 2.55. The van der Waals surface area contributed by atoms with Gasteiger partial charge in [0.25, 0.3) is 0 Å². The van der Waals surface area contributed by atoms with E-state index in [2.05, 4.69) is 15.3 Å². The Hall–Kier alpha value is -2.43. The Morgan fingerprint density at radius 2 is 2.17 bits per heavy atom. The first-order valence-electron chi connectivity index (χ1n) is 5.53. The number of carbonyl (C=O) groups is 1. The van der Waals surface area contributed by atoms with E-state index in [4.69, 9.17) is 5.73 Å². The topological polar surface area (TPSA) is 80.9 Å². The number of hydrogen-bond donors (Lipinski definition) is 2. The molecule has 1 aromatic heterocycles. The summed E-state index contributed by atoms with van der Waals surface area (Å²) in [5.74, 6) is 0.277. The number of benzene rings is 1. The molecule has 1 heterocycles. The minimum atomic E-state index is 0.0314. The maximum atomic E-state index is 11.3. The summed E-state index contributed by atoms with van der Waals surface area (Å²) in [6, 6.07) is 7.27. The van der Waals surface area contributed by atoms with Gasteiger partial charge in [-0.1, -0.05) is 12.1 Å². The molecule has 18 heavy (non-hydrogen) atoms. The third-order valence-corrected chi connectivity index (χ3v) is 2.55. The predicted molar refractivity (Wildman–Crippen MR) is 70.9 cm³/mol. The van der Waals surface area contributed by atoms with Crippen molar-refractivity contribution in [2.24, 2.45) is 0 Å². The SMILES string of the molecule is CC(=O)c1cccc(Nc2cnc(N)nc2C)c1. The number of nitrogen functional groups attached to an aromatic ring is 1. The summed E-state index contributed by atoms with van der Waals surface area (Å²) in [6.45, 7) is 3.38. The second-order valence-electron chi connectivity index (χ2n) is 3.99. The number of carbonyl (C=O) groups excluding carboxylic acids is 1. The van der Waals surface area contributed by atoms with Crippen molar-refractivity contribution in [3.05, 3.63) is 41.7 Å². The first-order chi connectivity index (χ1) is 8.56. The molecular formula is C13H14N4O. The molecule has 0 aliphatic carbocycles. The molecule has 0 amide bonds. The molecule has 2 rings (SSSR count). The van der Waals surface area contributed by atoms with E-state index >= 15 is 0 Å². The Labute approximate surface area is 105 Å². The molecule has 0 fully saturated rings. The predicted octanol–water partition coefficient (Wildman–Crippen LogP) is 2.31. The molecule has 0 bridgehead atoms. The molecule has 0 aliphatic rings. The molecule has 5 nitrogen and oxygen atoms in total. The number of nitrogens with zero attached hydrogens (tertiary/aromatic N) is 2. The molecule has 0 saturated heterocycles. The Kier molecular flexibility index (Phi) is 3.23. The highest BCUT2D eigenvalue weighted by molar-refractivity contribution is 5.95. The Bertz CT molecular complexity index is 595. The van der Waals surface area contributed by atoms with Gasteiger partial charge in [-0.3, -0.25) is 4.79 Å². The van der Waals surface area contributed by atoms with Crippen molar-refractivity contribution in [2.75, 3.05) is 11.1 Å². The van der Waals surface area contributed by atoms with Gasteiger partial charge in [-0.05, 0) is 26.0 Å². The van der Waals surface area contributed by atoms with Gasteiger partial charge in [0, 0.05) is 11.3 Å². The number of rotatable bonds is 3.